The normalized spacial score (nSPS) is 10.8. The Morgan fingerprint density at radius 1 is 0.960 bits per heavy atom. The molecular formula is C21H22N2O2. The minimum absolute atomic E-state index is 0.0350. The van der Waals surface area contributed by atoms with Gasteiger partial charge in [-0.05, 0) is 12.8 Å². The van der Waals surface area contributed by atoms with Gasteiger partial charge in [0, 0.05) is 17.0 Å². The van der Waals surface area contributed by atoms with E-state index in [4.69, 9.17) is 4.42 Å². The fourth-order valence-corrected chi connectivity index (χ4v) is 2.82. The Morgan fingerprint density at radius 3 is 2.08 bits per heavy atom. The second kappa shape index (κ2) is 7.79. The number of nitrogens with one attached hydrogen (secondary N) is 1. The molecule has 128 valence electrons. The van der Waals surface area contributed by atoms with E-state index < -0.39 is 0 Å². The highest BCUT2D eigenvalue weighted by atomic mass is 16.4. The molecule has 0 aliphatic carbocycles. The van der Waals surface area contributed by atoms with Gasteiger partial charge in [0.25, 0.3) is 0 Å². The van der Waals surface area contributed by atoms with Crippen LogP contribution < -0.4 is 5.32 Å². The van der Waals surface area contributed by atoms with E-state index in [-0.39, 0.29) is 17.8 Å². The molecule has 0 atom stereocenters. The minimum atomic E-state index is -0.0505. The zero-order chi connectivity index (χ0) is 17.6. The van der Waals surface area contributed by atoms with Gasteiger partial charge in [-0.25, -0.2) is 0 Å². The first-order valence-corrected chi connectivity index (χ1v) is 8.65. The molecule has 0 unspecified atom stereocenters. The Labute approximate surface area is 147 Å². The lowest BCUT2D eigenvalue weighted by molar-refractivity contribution is -0.120. The zero-order valence-corrected chi connectivity index (χ0v) is 14.5. The predicted octanol–water partition coefficient (Wildman–Crippen LogP) is 5.38. The lowest BCUT2D eigenvalue weighted by atomic mass is 10.0. The van der Waals surface area contributed by atoms with Crippen LogP contribution >= 0.6 is 0 Å². The van der Waals surface area contributed by atoms with Crippen molar-refractivity contribution >= 4 is 11.9 Å². The van der Waals surface area contributed by atoms with E-state index in [0.29, 0.717) is 5.76 Å². The number of oxazole rings is 1. The number of hydrogen-bond donors (Lipinski definition) is 1. The van der Waals surface area contributed by atoms with Crippen molar-refractivity contribution in [2.24, 2.45) is 5.92 Å². The molecule has 1 amide bonds. The maximum absolute atomic E-state index is 12.4. The number of nitrogens with zero attached hydrogens (tertiary/aromatic N) is 1. The SMILES string of the molecule is CCC(CC)C(=O)Nc1nc(-c2ccccc2)c(-c2ccccc2)o1. The minimum Gasteiger partial charge on any atom is -0.423 e. The van der Waals surface area contributed by atoms with Gasteiger partial charge in [-0.1, -0.05) is 74.5 Å². The summed E-state index contributed by atoms with van der Waals surface area (Å²) in [4.78, 5) is 16.9. The number of benzene rings is 2. The molecule has 0 bridgehead atoms. The molecule has 1 aromatic heterocycles. The Kier molecular flexibility index (Phi) is 5.29. The maximum atomic E-state index is 12.4. The average molecular weight is 334 g/mol. The third-order valence-electron chi connectivity index (χ3n) is 4.30. The fraction of sp³-hybridized carbons (Fsp3) is 0.238. The van der Waals surface area contributed by atoms with Crippen molar-refractivity contribution in [1.82, 2.24) is 4.98 Å². The van der Waals surface area contributed by atoms with Crippen LogP contribution in [0.2, 0.25) is 0 Å². The third-order valence-corrected chi connectivity index (χ3v) is 4.30. The Bertz CT molecular complexity index is 765. The van der Waals surface area contributed by atoms with E-state index in [0.717, 1.165) is 29.7 Å². The number of aromatic nitrogens is 1. The Balaban J connectivity index is 1.99. The van der Waals surface area contributed by atoms with E-state index >= 15 is 0 Å². The van der Waals surface area contributed by atoms with Gasteiger partial charge in [0.1, 0.15) is 5.69 Å². The Morgan fingerprint density at radius 2 is 1.52 bits per heavy atom. The molecular weight excluding hydrogens is 312 g/mol. The van der Waals surface area contributed by atoms with Crippen LogP contribution in [0, 0.1) is 5.92 Å². The molecule has 0 saturated carbocycles. The summed E-state index contributed by atoms with van der Waals surface area (Å²) < 4.78 is 5.92. The van der Waals surface area contributed by atoms with Crippen LogP contribution in [0.3, 0.4) is 0 Å². The second-order valence-corrected chi connectivity index (χ2v) is 5.93. The highest BCUT2D eigenvalue weighted by molar-refractivity contribution is 5.91. The summed E-state index contributed by atoms with van der Waals surface area (Å²) in [7, 11) is 0. The topological polar surface area (TPSA) is 55.1 Å². The van der Waals surface area contributed by atoms with Gasteiger partial charge in [-0.2, -0.15) is 4.98 Å². The van der Waals surface area contributed by atoms with E-state index in [1.165, 1.54) is 0 Å². The molecule has 0 saturated heterocycles. The maximum Gasteiger partial charge on any atom is 0.302 e. The molecule has 3 rings (SSSR count). The summed E-state index contributed by atoms with van der Waals surface area (Å²) in [5.41, 5.74) is 2.61. The van der Waals surface area contributed by atoms with Gasteiger partial charge in [0.15, 0.2) is 5.76 Å². The van der Waals surface area contributed by atoms with Gasteiger partial charge in [0.2, 0.25) is 5.91 Å². The molecule has 0 fully saturated rings. The number of rotatable bonds is 6. The summed E-state index contributed by atoms with van der Waals surface area (Å²) in [6.07, 6.45) is 1.58. The first-order valence-electron chi connectivity index (χ1n) is 8.65. The zero-order valence-electron chi connectivity index (χ0n) is 14.5. The number of carbonyl (C=O) groups excluding carboxylic acids is 1. The van der Waals surface area contributed by atoms with E-state index in [9.17, 15) is 4.79 Å². The van der Waals surface area contributed by atoms with Crippen molar-refractivity contribution in [1.29, 1.82) is 0 Å². The molecule has 4 heteroatoms. The number of carbonyl (C=O) groups is 1. The van der Waals surface area contributed by atoms with Gasteiger partial charge in [0.05, 0.1) is 0 Å². The lowest BCUT2D eigenvalue weighted by Gasteiger charge is -2.09. The summed E-state index contributed by atoms with van der Waals surface area (Å²) in [6, 6.07) is 19.9. The van der Waals surface area contributed by atoms with Crippen LogP contribution in [0.15, 0.2) is 65.1 Å². The number of anilines is 1. The van der Waals surface area contributed by atoms with Crippen LogP contribution in [-0.4, -0.2) is 10.9 Å². The molecule has 3 aromatic rings. The Hall–Kier alpha value is -2.88. The molecule has 1 N–H and O–H groups in total. The van der Waals surface area contributed by atoms with Crippen LogP contribution in [0.1, 0.15) is 26.7 Å². The van der Waals surface area contributed by atoms with E-state index in [2.05, 4.69) is 10.3 Å². The summed E-state index contributed by atoms with van der Waals surface area (Å²) in [5.74, 6) is 0.573. The third kappa shape index (κ3) is 3.79. The van der Waals surface area contributed by atoms with Crippen molar-refractivity contribution in [3.63, 3.8) is 0 Å². The summed E-state index contributed by atoms with van der Waals surface area (Å²) in [5, 5.41) is 2.83. The standard InChI is InChI=1S/C21H22N2O2/c1-3-15(4-2)20(24)23-21-22-18(16-11-7-5-8-12-16)19(25-21)17-13-9-6-10-14-17/h5-15H,3-4H2,1-2H3,(H,22,23,24). The predicted molar refractivity (Wildman–Crippen MR) is 100 cm³/mol. The summed E-state index contributed by atoms with van der Waals surface area (Å²) >= 11 is 0. The van der Waals surface area contributed by atoms with Gasteiger partial charge >= 0.3 is 6.01 Å². The molecule has 1 heterocycles. The fourth-order valence-electron chi connectivity index (χ4n) is 2.82. The molecule has 2 aromatic carbocycles. The highest BCUT2D eigenvalue weighted by Gasteiger charge is 2.20. The first kappa shape index (κ1) is 17.0. The van der Waals surface area contributed by atoms with Gasteiger partial charge in [-0.15, -0.1) is 0 Å². The first-order chi connectivity index (χ1) is 12.2. The average Bonchev–Trinajstić information content (AvgIpc) is 3.08. The molecule has 25 heavy (non-hydrogen) atoms. The van der Waals surface area contributed by atoms with Crippen LogP contribution in [0.25, 0.3) is 22.6 Å². The van der Waals surface area contributed by atoms with Crippen LogP contribution in [0.5, 0.6) is 0 Å². The van der Waals surface area contributed by atoms with E-state index in [1.807, 2.05) is 74.5 Å². The van der Waals surface area contributed by atoms with Crippen molar-refractivity contribution in [2.75, 3.05) is 5.32 Å². The second-order valence-electron chi connectivity index (χ2n) is 5.93. The van der Waals surface area contributed by atoms with Crippen molar-refractivity contribution in [3.8, 4) is 22.6 Å². The number of hydrogen-bond acceptors (Lipinski definition) is 3. The van der Waals surface area contributed by atoms with Gasteiger partial charge in [-0.3, -0.25) is 10.1 Å². The van der Waals surface area contributed by atoms with E-state index in [1.54, 1.807) is 0 Å². The lowest BCUT2D eigenvalue weighted by Crippen LogP contribution is -2.21. The largest absolute Gasteiger partial charge is 0.423 e. The monoisotopic (exact) mass is 334 g/mol. The van der Waals surface area contributed by atoms with Crippen LogP contribution in [-0.2, 0) is 4.79 Å². The van der Waals surface area contributed by atoms with Crippen LogP contribution in [0.4, 0.5) is 6.01 Å². The molecule has 4 nitrogen and oxygen atoms in total. The van der Waals surface area contributed by atoms with Crippen molar-refractivity contribution in [2.45, 2.75) is 26.7 Å². The van der Waals surface area contributed by atoms with Crippen molar-refractivity contribution < 1.29 is 9.21 Å². The number of amides is 1. The van der Waals surface area contributed by atoms with Gasteiger partial charge < -0.3 is 4.42 Å². The molecule has 0 spiro atoms. The molecule has 0 radical (unpaired) electrons. The molecule has 0 aliphatic rings. The smallest absolute Gasteiger partial charge is 0.302 e. The molecule has 0 aliphatic heterocycles. The highest BCUT2D eigenvalue weighted by Crippen LogP contribution is 2.34. The quantitative estimate of drug-likeness (QED) is 0.658. The summed E-state index contributed by atoms with van der Waals surface area (Å²) in [6.45, 7) is 4.02. The van der Waals surface area contributed by atoms with Crippen molar-refractivity contribution in [3.05, 3.63) is 60.7 Å².